The number of ether oxygens (including phenoxy) is 1. The first-order chi connectivity index (χ1) is 13.3. The monoisotopic (exact) mass is 383 g/mol. The summed E-state index contributed by atoms with van der Waals surface area (Å²) in [5, 5.41) is 8.42. The maximum atomic E-state index is 5.41. The molecule has 0 bridgehead atoms. The number of rotatable bonds is 6. The third-order valence-corrected chi connectivity index (χ3v) is 5.39. The molecule has 9 heteroatoms. The zero-order valence-corrected chi connectivity index (χ0v) is 15.7. The number of hydrogen-bond donors (Lipinski definition) is 1. The zero-order chi connectivity index (χ0) is 18.1. The molecule has 27 heavy (non-hydrogen) atoms. The van der Waals surface area contributed by atoms with Crippen LogP contribution in [0.15, 0.2) is 30.6 Å². The van der Waals surface area contributed by atoms with Crippen molar-refractivity contribution in [3.05, 3.63) is 30.6 Å². The number of hydrogen-bond acceptors (Lipinski definition) is 8. The van der Waals surface area contributed by atoms with Crippen LogP contribution in [0.25, 0.3) is 11.4 Å². The smallest absolute Gasteiger partial charge is 0.208 e. The molecule has 1 aliphatic heterocycles. The molecule has 0 atom stereocenters. The van der Waals surface area contributed by atoms with Gasteiger partial charge in [0.2, 0.25) is 5.13 Å². The van der Waals surface area contributed by atoms with Crippen molar-refractivity contribution in [3.8, 4) is 11.4 Å². The lowest BCUT2D eigenvalue weighted by molar-refractivity contribution is 0.122. The largest absolute Gasteiger partial charge is 0.378 e. The molecular weight excluding hydrogens is 362 g/mol. The number of morpholine rings is 1. The van der Waals surface area contributed by atoms with E-state index < -0.39 is 0 Å². The molecule has 1 saturated heterocycles. The maximum absolute atomic E-state index is 5.41. The normalized spacial score (nSPS) is 17.3. The van der Waals surface area contributed by atoms with Crippen molar-refractivity contribution in [1.82, 2.24) is 24.1 Å². The van der Waals surface area contributed by atoms with Gasteiger partial charge in [0, 0.05) is 37.4 Å². The van der Waals surface area contributed by atoms with E-state index in [0.717, 1.165) is 61.1 Å². The summed E-state index contributed by atoms with van der Waals surface area (Å²) in [6.07, 6.45) is 6.50. The Kier molecular flexibility index (Phi) is 4.46. The van der Waals surface area contributed by atoms with Gasteiger partial charge in [0.15, 0.2) is 5.82 Å². The number of nitrogens with one attached hydrogen (secondary N) is 1. The van der Waals surface area contributed by atoms with Crippen LogP contribution in [0.1, 0.15) is 12.8 Å². The van der Waals surface area contributed by atoms with Gasteiger partial charge in [-0.3, -0.25) is 4.68 Å². The van der Waals surface area contributed by atoms with E-state index >= 15 is 0 Å². The van der Waals surface area contributed by atoms with Gasteiger partial charge in [0.05, 0.1) is 25.0 Å². The maximum Gasteiger partial charge on any atom is 0.208 e. The van der Waals surface area contributed by atoms with E-state index in [1.54, 1.807) is 0 Å². The van der Waals surface area contributed by atoms with Gasteiger partial charge in [-0.25, -0.2) is 4.98 Å². The predicted octanol–water partition coefficient (Wildman–Crippen LogP) is 2.79. The predicted molar refractivity (Wildman–Crippen MR) is 104 cm³/mol. The summed E-state index contributed by atoms with van der Waals surface area (Å²) in [4.78, 5) is 11.5. The fourth-order valence-electron chi connectivity index (χ4n) is 3.11. The van der Waals surface area contributed by atoms with E-state index in [1.165, 1.54) is 24.4 Å². The quantitative estimate of drug-likeness (QED) is 0.701. The first kappa shape index (κ1) is 16.6. The van der Waals surface area contributed by atoms with Crippen molar-refractivity contribution >= 4 is 28.3 Å². The van der Waals surface area contributed by atoms with Gasteiger partial charge < -0.3 is 15.0 Å². The molecule has 4 heterocycles. The van der Waals surface area contributed by atoms with Crippen LogP contribution >= 0.6 is 11.5 Å². The standard InChI is InChI=1S/C18H21N7OS/c1-2-15(20-16(3-1)24-6-8-26-9-7-24)21-18-22-17(23-27-18)14-10-19-25(12-14)11-13-4-5-13/h1-3,10,12-13H,4-9,11H2,(H,20,21,22,23). The van der Waals surface area contributed by atoms with Crippen molar-refractivity contribution < 1.29 is 4.74 Å². The van der Waals surface area contributed by atoms with Crippen LogP contribution in [0.2, 0.25) is 0 Å². The Morgan fingerprint density at radius 1 is 1.19 bits per heavy atom. The Morgan fingerprint density at radius 2 is 2.07 bits per heavy atom. The molecule has 1 aliphatic carbocycles. The number of anilines is 3. The Morgan fingerprint density at radius 3 is 2.93 bits per heavy atom. The molecule has 8 nitrogen and oxygen atoms in total. The van der Waals surface area contributed by atoms with Crippen molar-refractivity contribution in [2.24, 2.45) is 5.92 Å². The fraction of sp³-hybridized carbons (Fsp3) is 0.444. The number of pyridine rings is 1. The first-order valence-electron chi connectivity index (χ1n) is 9.27. The molecule has 2 fully saturated rings. The highest BCUT2D eigenvalue weighted by Crippen LogP contribution is 2.31. The third-order valence-electron chi connectivity index (χ3n) is 4.76. The molecule has 5 rings (SSSR count). The van der Waals surface area contributed by atoms with Crippen molar-refractivity contribution in [1.29, 1.82) is 0 Å². The molecule has 0 amide bonds. The molecule has 0 aromatic carbocycles. The van der Waals surface area contributed by atoms with Crippen LogP contribution in [0.4, 0.5) is 16.8 Å². The van der Waals surface area contributed by atoms with Gasteiger partial charge in [-0.05, 0) is 30.9 Å². The van der Waals surface area contributed by atoms with E-state index in [9.17, 15) is 0 Å². The summed E-state index contributed by atoms with van der Waals surface area (Å²) >= 11 is 1.33. The first-order valence-corrected chi connectivity index (χ1v) is 10.0. The molecule has 3 aromatic heterocycles. The minimum atomic E-state index is 0.703. The average molecular weight is 383 g/mol. The van der Waals surface area contributed by atoms with Crippen molar-refractivity contribution in [2.75, 3.05) is 36.5 Å². The van der Waals surface area contributed by atoms with Gasteiger partial charge in [-0.2, -0.15) is 14.5 Å². The summed E-state index contributed by atoms with van der Waals surface area (Å²) in [5.74, 6) is 3.22. The highest BCUT2D eigenvalue weighted by atomic mass is 32.1. The van der Waals surface area contributed by atoms with Crippen LogP contribution in [0.3, 0.4) is 0 Å². The summed E-state index contributed by atoms with van der Waals surface area (Å²) in [5.41, 5.74) is 0.954. The lowest BCUT2D eigenvalue weighted by Crippen LogP contribution is -2.36. The van der Waals surface area contributed by atoms with Crippen molar-refractivity contribution in [2.45, 2.75) is 19.4 Å². The van der Waals surface area contributed by atoms with E-state index in [4.69, 9.17) is 9.72 Å². The molecule has 3 aromatic rings. The van der Waals surface area contributed by atoms with E-state index in [1.807, 2.05) is 35.3 Å². The molecule has 0 spiro atoms. The second-order valence-corrected chi connectivity index (χ2v) is 7.67. The van der Waals surface area contributed by atoms with Crippen LogP contribution < -0.4 is 10.2 Å². The van der Waals surface area contributed by atoms with E-state index in [0.29, 0.717) is 5.82 Å². The highest BCUT2D eigenvalue weighted by Gasteiger charge is 2.22. The Bertz CT molecular complexity index is 914. The molecule has 1 N–H and O–H groups in total. The Labute approximate surface area is 161 Å². The second kappa shape index (κ2) is 7.24. The molecule has 0 unspecified atom stereocenters. The average Bonchev–Trinajstić information content (AvgIpc) is 3.19. The van der Waals surface area contributed by atoms with Crippen LogP contribution in [0, 0.1) is 5.92 Å². The van der Waals surface area contributed by atoms with Gasteiger partial charge in [-0.15, -0.1) is 0 Å². The van der Waals surface area contributed by atoms with Gasteiger partial charge >= 0.3 is 0 Å². The Hall–Kier alpha value is -2.52. The van der Waals surface area contributed by atoms with E-state index in [-0.39, 0.29) is 0 Å². The topological polar surface area (TPSA) is 81.0 Å². The highest BCUT2D eigenvalue weighted by molar-refractivity contribution is 7.09. The summed E-state index contributed by atoms with van der Waals surface area (Å²) < 4.78 is 11.9. The second-order valence-electron chi connectivity index (χ2n) is 6.92. The third kappa shape index (κ3) is 3.93. The summed E-state index contributed by atoms with van der Waals surface area (Å²) in [7, 11) is 0. The zero-order valence-electron chi connectivity index (χ0n) is 14.9. The van der Waals surface area contributed by atoms with Crippen LogP contribution in [0.5, 0.6) is 0 Å². The van der Waals surface area contributed by atoms with E-state index in [2.05, 4.69) is 24.7 Å². The Balaban J connectivity index is 1.28. The SMILES string of the molecule is c1cc(Nc2nc(-c3cnn(CC4CC4)c3)ns2)nc(N2CCOCC2)c1. The van der Waals surface area contributed by atoms with Crippen LogP contribution in [-0.2, 0) is 11.3 Å². The van der Waals surface area contributed by atoms with Gasteiger partial charge in [0.25, 0.3) is 0 Å². The van der Waals surface area contributed by atoms with Gasteiger partial charge in [0.1, 0.15) is 11.6 Å². The summed E-state index contributed by atoms with van der Waals surface area (Å²) in [6, 6.07) is 5.97. The van der Waals surface area contributed by atoms with Crippen molar-refractivity contribution in [3.63, 3.8) is 0 Å². The van der Waals surface area contributed by atoms with Crippen LogP contribution in [-0.4, -0.2) is 50.4 Å². The summed E-state index contributed by atoms with van der Waals surface area (Å²) in [6.45, 7) is 4.21. The minimum Gasteiger partial charge on any atom is -0.378 e. The number of nitrogens with zero attached hydrogens (tertiary/aromatic N) is 6. The minimum absolute atomic E-state index is 0.703. The van der Waals surface area contributed by atoms with Gasteiger partial charge in [-0.1, -0.05) is 6.07 Å². The fourth-order valence-corrected chi connectivity index (χ4v) is 3.70. The molecular formula is C18H21N7OS. The number of aromatic nitrogens is 5. The molecule has 2 aliphatic rings. The molecule has 1 saturated carbocycles. The molecule has 0 radical (unpaired) electrons. The lowest BCUT2D eigenvalue weighted by atomic mass is 10.3. The molecule has 140 valence electrons. The lowest BCUT2D eigenvalue weighted by Gasteiger charge is -2.27.